The number of amides is 1. The molecule has 5 nitrogen and oxygen atoms in total. The fraction of sp³-hybridized carbons (Fsp3) is 0.500. The first kappa shape index (κ1) is 17.6. The number of rotatable bonds is 7. The number of sulfonamides is 1. The number of halogens is 1. The Hall–Kier alpha value is -1.47. The molecular weight excluding hydrogens is 295 g/mol. The van der Waals surface area contributed by atoms with Crippen molar-refractivity contribution in [3.05, 3.63) is 29.6 Å². The Morgan fingerprint density at radius 2 is 2.05 bits per heavy atom. The van der Waals surface area contributed by atoms with E-state index in [1.54, 1.807) is 0 Å². The summed E-state index contributed by atoms with van der Waals surface area (Å²) < 4.78 is 36.1. The first-order valence-electron chi connectivity index (χ1n) is 6.89. The van der Waals surface area contributed by atoms with Crippen LogP contribution in [0.1, 0.15) is 49.9 Å². The summed E-state index contributed by atoms with van der Waals surface area (Å²) in [6.45, 7) is 3.91. The van der Waals surface area contributed by atoms with Gasteiger partial charge in [0.1, 0.15) is 5.82 Å². The second kappa shape index (κ2) is 7.51. The summed E-state index contributed by atoms with van der Waals surface area (Å²) in [7, 11) is -3.97. The van der Waals surface area contributed by atoms with Crippen LogP contribution in [0.4, 0.5) is 4.39 Å². The van der Waals surface area contributed by atoms with Crippen molar-refractivity contribution in [1.29, 1.82) is 0 Å². The zero-order valence-electron chi connectivity index (χ0n) is 12.2. The number of nitrogens with one attached hydrogen (secondary N) is 1. The Labute approximate surface area is 124 Å². The SMILES string of the molecule is CCCCCC(C)NC(=O)c1cc(S(N)(=O)=O)ccc1F. The first-order valence-corrected chi connectivity index (χ1v) is 8.43. The smallest absolute Gasteiger partial charge is 0.254 e. The highest BCUT2D eigenvalue weighted by atomic mass is 32.2. The maximum atomic E-state index is 13.7. The van der Waals surface area contributed by atoms with Crippen molar-refractivity contribution in [2.75, 3.05) is 0 Å². The lowest BCUT2D eigenvalue weighted by Crippen LogP contribution is -2.33. The van der Waals surface area contributed by atoms with Crippen LogP contribution in [0.3, 0.4) is 0 Å². The Morgan fingerprint density at radius 1 is 1.38 bits per heavy atom. The standard InChI is InChI=1S/C14H21FN2O3S/c1-3-4-5-6-10(2)17-14(18)12-9-11(21(16,19)20)7-8-13(12)15/h7-10H,3-6H2,1-2H3,(H,17,18)(H2,16,19,20). The molecule has 0 aliphatic heterocycles. The van der Waals surface area contributed by atoms with Gasteiger partial charge >= 0.3 is 0 Å². The molecule has 0 aliphatic carbocycles. The topological polar surface area (TPSA) is 89.3 Å². The van der Waals surface area contributed by atoms with Gasteiger partial charge in [0.2, 0.25) is 10.0 Å². The third-order valence-corrected chi connectivity index (χ3v) is 4.04. The van der Waals surface area contributed by atoms with E-state index in [9.17, 15) is 17.6 Å². The summed E-state index contributed by atoms with van der Waals surface area (Å²) in [6, 6.07) is 2.81. The third-order valence-electron chi connectivity index (χ3n) is 3.13. The highest BCUT2D eigenvalue weighted by Gasteiger charge is 2.18. The van der Waals surface area contributed by atoms with Crippen LogP contribution in [-0.2, 0) is 10.0 Å². The Bertz CT molecular complexity index is 602. The van der Waals surface area contributed by atoms with Crippen molar-refractivity contribution in [3.63, 3.8) is 0 Å². The summed E-state index contributed by atoms with van der Waals surface area (Å²) in [5, 5.41) is 7.64. The molecule has 1 atom stereocenters. The van der Waals surface area contributed by atoms with Gasteiger partial charge in [0.15, 0.2) is 0 Å². The number of unbranched alkanes of at least 4 members (excludes halogenated alkanes) is 2. The molecule has 0 spiro atoms. The number of nitrogens with two attached hydrogens (primary N) is 1. The van der Waals surface area contributed by atoms with Gasteiger partial charge in [0, 0.05) is 6.04 Å². The van der Waals surface area contributed by atoms with Crippen LogP contribution in [-0.4, -0.2) is 20.4 Å². The van der Waals surface area contributed by atoms with Gasteiger partial charge in [-0.2, -0.15) is 0 Å². The summed E-state index contributed by atoms with van der Waals surface area (Å²) in [5.41, 5.74) is -0.316. The van der Waals surface area contributed by atoms with Crippen LogP contribution in [0.15, 0.2) is 23.1 Å². The van der Waals surface area contributed by atoms with Gasteiger partial charge in [-0.1, -0.05) is 26.2 Å². The average molecular weight is 316 g/mol. The lowest BCUT2D eigenvalue weighted by Gasteiger charge is -2.14. The molecule has 0 radical (unpaired) electrons. The minimum atomic E-state index is -3.97. The monoisotopic (exact) mass is 316 g/mol. The third kappa shape index (κ3) is 5.43. The summed E-state index contributed by atoms with van der Waals surface area (Å²) in [5.74, 6) is -1.41. The van der Waals surface area contributed by atoms with Gasteiger partial charge in [-0.05, 0) is 31.5 Å². The molecule has 1 aromatic rings. The second-order valence-electron chi connectivity index (χ2n) is 5.06. The highest BCUT2D eigenvalue weighted by molar-refractivity contribution is 7.89. The maximum Gasteiger partial charge on any atom is 0.254 e. The van der Waals surface area contributed by atoms with Crippen LogP contribution in [0.2, 0.25) is 0 Å². The summed E-state index contributed by atoms with van der Waals surface area (Å²) in [4.78, 5) is 11.7. The molecule has 1 rings (SSSR count). The lowest BCUT2D eigenvalue weighted by molar-refractivity contribution is 0.0933. The van der Waals surface area contributed by atoms with E-state index in [0.29, 0.717) is 0 Å². The molecule has 1 unspecified atom stereocenters. The van der Waals surface area contributed by atoms with Crippen LogP contribution in [0.25, 0.3) is 0 Å². The van der Waals surface area contributed by atoms with Crippen LogP contribution in [0, 0.1) is 5.82 Å². The molecule has 0 heterocycles. The number of hydrogen-bond acceptors (Lipinski definition) is 3. The van der Waals surface area contributed by atoms with E-state index in [2.05, 4.69) is 12.2 Å². The van der Waals surface area contributed by atoms with Crippen molar-refractivity contribution in [2.45, 2.75) is 50.5 Å². The Balaban J connectivity index is 2.82. The van der Waals surface area contributed by atoms with Crippen molar-refractivity contribution in [3.8, 4) is 0 Å². The molecule has 0 aromatic heterocycles. The lowest BCUT2D eigenvalue weighted by atomic mass is 10.1. The predicted octanol–water partition coefficient (Wildman–Crippen LogP) is 2.17. The molecule has 7 heteroatoms. The number of benzene rings is 1. The van der Waals surface area contributed by atoms with Crippen LogP contribution < -0.4 is 10.5 Å². The van der Waals surface area contributed by atoms with E-state index in [-0.39, 0.29) is 16.5 Å². The fourth-order valence-electron chi connectivity index (χ4n) is 1.93. The van der Waals surface area contributed by atoms with Gasteiger partial charge < -0.3 is 5.32 Å². The van der Waals surface area contributed by atoms with Crippen LogP contribution >= 0.6 is 0 Å². The van der Waals surface area contributed by atoms with Gasteiger partial charge in [0.25, 0.3) is 5.91 Å². The molecule has 0 fully saturated rings. The average Bonchev–Trinajstić information content (AvgIpc) is 2.37. The first-order chi connectivity index (χ1) is 9.75. The molecule has 21 heavy (non-hydrogen) atoms. The fourth-order valence-corrected chi connectivity index (χ4v) is 2.47. The molecule has 0 saturated heterocycles. The largest absolute Gasteiger partial charge is 0.349 e. The number of carbonyl (C=O) groups excluding carboxylic acids is 1. The van der Waals surface area contributed by atoms with E-state index < -0.39 is 21.7 Å². The summed E-state index contributed by atoms with van der Waals surface area (Å²) >= 11 is 0. The zero-order chi connectivity index (χ0) is 16.0. The van der Waals surface area contributed by atoms with Crippen molar-refractivity contribution < 1.29 is 17.6 Å². The normalized spacial score (nSPS) is 13.0. The molecule has 0 bridgehead atoms. The van der Waals surface area contributed by atoms with Gasteiger partial charge in [-0.15, -0.1) is 0 Å². The van der Waals surface area contributed by atoms with Crippen LogP contribution in [0.5, 0.6) is 0 Å². The van der Waals surface area contributed by atoms with E-state index >= 15 is 0 Å². The van der Waals surface area contributed by atoms with E-state index in [4.69, 9.17) is 5.14 Å². The van der Waals surface area contributed by atoms with Crippen molar-refractivity contribution in [1.82, 2.24) is 5.32 Å². The molecule has 0 aliphatic rings. The van der Waals surface area contributed by atoms with Crippen molar-refractivity contribution in [2.24, 2.45) is 5.14 Å². The molecule has 0 saturated carbocycles. The van der Waals surface area contributed by atoms with E-state index in [1.807, 2.05) is 6.92 Å². The number of hydrogen-bond donors (Lipinski definition) is 2. The molecule has 3 N–H and O–H groups in total. The number of primary sulfonamides is 1. The molecule has 118 valence electrons. The quantitative estimate of drug-likeness (QED) is 0.755. The van der Waals surface area contributed by atoms with Crippen molar-refractivity contribution >= 4 is 15.9 Å². The van der Waals surface area contributed by atoms with E-state index in [1.165, 1.54) is 0 Å². The minimum Gasteiger partial charge on any atom is -0.349 e. The second-order valence-corrected chi connectivity index (χ2v) is 6.62. The molecule has 1 amide bonds. The molecule has 1 aromatic carbocycles. The Morgan fingerprint density at radius 3 is 2.62 bits per heavy atom. The van der Waals surface area contributed by atoms with Gasteiger partial charge in [0.05, 0.1) is 10.5 Å². The summed E-state index contributed by atoms with van der Waals surface area (Å²) in [6.07, 6.45) is 3.90. The van der Waals surface area contributed by atoms with E-state index in [0.717, 1.165) is 43.9 Å². The highest BCUT2D eigenvalue weighted by Crippen LogP contribution is 2.14. The Kier molecular flexibility index (Phi) is 6.29. The maximum absolute atomic E-state index is 13.7. The predicted molar refractivity (Wildman–Crippen MR) is 78.8 cm³/mol. The van der Waals surface area contributed by atoms with Gasteiger partial charge in [-0.25, -0.2) is 17.9 Å². The molecular formula is C14H21FN2O3S. The number of carbonyl (C=O) groups is 1. The van der Waals surface area contributed by atoms with Gasteiger partial charge in [-0.3, -0.25) is 4.79 Å². The minimum absolute atomic E-state index is 0.110. The zero-order valence-corrected chi connectivity index (χ0v) is 13.0.